The van der Waals surface area contributed by atoms with Crippen molar-refractivity contribution in [3.05, 3.63) is 69.8 Å². The molecular weight excluding hydrogens is 382 g/mol. The van der Waals surface area contributed by atoms with E-state index in [4.69, 9.17) is 4.74 Å². The highest BCUT2D eigenvalue weighted by atomic mass is 32.2. The van der Waals surface area contributed by atoms with Gasteiger partial charge in [0, 0.05) is 14.7 Å². The summed E-state index contributed by atoms with van der Waals surface area (Å²) in [4.78, 5) is 26.1. The van der Waals surface area contributed by atoms with Gasteiger partial charge >= 0.3 is 5.97 Å². The first kappa shape index (κ1) is 19.8. The van der Waals surface area contributed by atoms with E-state index in [1.165, 1.54) is 11.8 Å². The van der Waals surface area contributed by atoms with Crippen LogP contribution < -0.4 is 0 Å². The summed E-state index contributed by atoms with van der Waals surface area (Å²) in [5.41, 5.74) is 1.76. The Morgan fingerprint density at radius 3 is 2.56 bits per heavy atom. The van der Waals surface area contributed by atoms with E-state index in [0.717, 1.165) is 20.9 Å². The maximum atomic E-state index is 12.2. The van der Waals surface area contributed by atoms with E-state index in [9.17, 15) is 14.9 Å². The highest BCUT2D eigenvalue weighted by molar-refractivity contribution is 7.99. The van der Waals surface area contributed by atoms with E-state index < -0.39 is 17.9 Å². The highest BCUT2D eigenvalue weighted by Crippen LogP contribution is 2.51. The number of carbonyl (C=O) groups excluding carboxylic acids is 1. The van der Waals surface area contributed by atoms with Crippen molar-refractivity contribution in [1.82, 2.24) is 0 Å². The molecule has 142 valence electrons. The van der Waals surface area contributed by atoms with Crippen LogP contribution in [0.5, 0.6) is 0 Å². The van der Waals surface area contributed by atoms with Crippen LogP contribution in [0.4, 0.5) is 0 Å². The van der Waals surface area contributed by atoms with Crippen LogP contribution in [0.3, 0.4) is 0 Å². The average molecular weight is 404 g/mol. The minimum absolute atomic E-state index is 0.0104. The van der Waals surface area contributed by atoms with Gasteiger partial charge < -0.3 is 4.74 Å². The maximum absolute atomic E-state index is 12.2. The first-order valence-electron chi connectivity index (χ1n) is 8.73. The molecule has 0 aliphatic carbocycles. The van der Waals surface area contributed by atoms with Gasteiger partial charge in [-0.2, -0.15) is 0 Å². The molecule has 2 aromatic carbocycles. The smallest absolute Gasteiger partial charge is 0.306 e. The molecule has 3 atom stereocenters. The van der Waals surface area contributed by atoms with E-state index in [-0.39, 0.29) is 23.2 Å². The summed E-state index contributed by atoms with van der Waals surface area (Å²) in [6.07, 6.45) is 2.01. The number of ether oxygens (including phenoxy) is 1. The van der Waals surface area contributed by atoms with Crippen LogP contribution in [0.25, 0.3) is 0 Å². The second-order valence-corrected chi connectivity index (χ2v) is 8.30. The summed E-state index contributed by atoms with van der Waals surface area (Å²) >= 11 is 3.14. The first-order chi connectivity index (χ1) is 13.0. The predicted octanol–water partition coefficient (Wildman–Crippen LogP) is 4.94. The lowest BCUT2D eigenvalue weighted by Gasteiger charge is -2.33. The predicted molar refractivity (Wildman–Crippen MR) is 108 cm³/mol. The molecule has 0 radical (unpaired) electrons. The fourth-order valence-corrected chi connectivity index (χ4v) is 5.36. The number of carbonyl (C=O) groups is 1. The third kappa shape index (κ3) is 4.30. The Balaban J connectivity index is 2.03. The monoisotopic (exact) mass is 403 g/mol. The lowest BCUT2D eigenvalue weighted by atomic mass is 9.84. The number of nitrogens with zero attached hydrogens (tertiary/aromatic N) is 1. The number of benzene rings is 2. The van der Waals surface area contributed by atoms with Gasteiger partial charge in [-0.25, -0.2) is 0 Å². The van der Waals surface area contributed by atoms with Gasteiger partial charge in [-0.3, -0.25) is 14.9 Å². The topological polar surface area (TPSA) is 69.4 Å². The molecule has 0 saturated carbocycles. The summed E-state index contributed by atoms with van der Waals surface area (Å²) < 4.78 is 5.09. The van der Waals surface area contributed by atoms with Crippen LogP contribution >= 0.6 is 23.5 Å². The Morgan fingerprint density at radius 2 is 1.93 bits per heavy atom. The van der Waals surface area contributed by atoms with Gasteiger partial charge in [0.15, 0.2) is 0 Å². The molecule has 27 heavy (non-hydrogen) atoms. The summed E-state index contributed by atoms with van der Waals surface area (Å²) in [7, 11) is 0. The molecule has 5 nitrogen and oxygen atoms in total. The van der Waals surface area contributed by atoms with Crippen molar-refractivity contribution in [2.24, 2.45) is 0 Å². The lowest BCUT2D eigenvalue weighted by Crippen LogP contribution is -2.37. The van der Waals surface area contributed by atoms with Gasteiger partial charge in [0.2, 0.25) is 6.04 Å². The first-order valence-corrected chi connectivity index (χ1v) is 10.8. The third-order valence-electron chi connectivity index (χ3n) is 4.67. The fourth-order valence-electron chi connectivity index (χ4n) is 3.44. The van der Waals surface area contributed by atoms with E-state index in [1.54, 1.807) is 18.7 Å². The third-order valence-corrected chi connectivity index (χ3v) is 6.85. The summed E-state index contributed by atoms with van der Waals surface area (Å²) in [6, 6.07) is 14.6. The zero-order valence-corrected chi connectivity index (χ0v) is 16.8. The molecule has 0 aromatic heterocycles. The molecule has 0 fully saturated rings. The molecule has 0 unspecified atom stereocenters. The molecule has 7 heteroatoms. The zero-order valence-electron chi connectivity index (χ0n) is 15.2. The van der Waals surface area contributed by atoms with Crippen molar-refractivity contribution < 1.29 is 14.5 Å². The molecule has 0 amide bonds. The Morgan fingerprint density at radius 1 is 1.22 bits per heavy atom. The molecule has 0 saturated heterocycles. The van der Waals surface area contributed by atoms with Gasteiger partial charge in [-0.15, -0.1) is 23.5 Å². The van der Waals surface area contributed by atoms with Crippen LogP contribution in [0, 0.1) is 10.1 Å². The second-order valence-electron chi connectivity index (χ2n) is 6.24. The number of rotatable bonds is 6. The van der Waals surface area contributed by atoms with Crippen LogP contribution in [-0.2, 0) is 9.53 Å². The van der Waals surface area contributed by atoms with Crippen molar-refractivity contribution in [2.45, 2.75) is 40.3 Å². The van der Waals surface area contributed by atoms with Gasteiger partial charge in [-0.1, -0.05) is 30.3 Å². The Hall–Kier alpha value is -1.99. The SMILES string of the molecule is CCOC(=O)C[C@H]1c2ccccc2S[C@H](c2ccc(SC)cc2)[C@H]1[N+](=O)[O-]. The van der Waals surface area contributed by atoms with Crippen LogP contribution in [0.15, 0.2) is 58.3 Å². The largest absolute Gasteiger partial charge is 0.466 e. The van der Waals surface area contributed by atoms with Crippen molar-refractivity contribution >= 4 is 29.5 Å². The van der Waals surface area contributed by atoms with E-state index in [1.807, 2.05) is 54.8 Å². The Bertz CT molecular complexity index is 825. The quantitative estimate of drug-likeness (QED) is 0.295. The normalized spacial score (nSPS) is 21.3. The fraction of sp³-hybridized carbons (Fsp3) is 0.350. The molecule has 1 aliphatic heterocycles. The van der Waals surface area contributed by atoms with Crippen molar-refractivity contribution in [1.29, 1.82) is 0 Å². The van der Waals surface area contributed by atoms with E-state index >= 15 is 0 Å². The molecule has 1 heterocycles. The zero-order chi connectivity index (χ0) is 19.4. The number of hydrogen-bond donors (Lipinski definition) is 0. The number of esters is 1. The molecule has 3 rings (SSSR count). The number of hydrogen-bond acceptors (Lipinski definition) is 6. The van der Waals surface area contributed by atoms with Gasteiger partial charge in [-0.05, 0) is 42.5 Å². The highest BCUT2D eigenvalue weighted by Gasteiger charge is 2.47. The molecule has 1 aliphatic rings. The number of fused-ring (bicyclic) bond motifs is 1. The van der Waals surface area contributed by atoms with Crippen LogP contribution in [0.2, 0.25) is 0 Å². The Labute approximate surface area is 167 Å². The summed E-state index contributed by atoms with van der Waals surface area (Å²) in [5.74, 6) is -0.908. The lowest BCUT2D eigenvalue weighted by molar-refractivity contribution is -0.527. The summed E-state index contributed by atoms with van der Waals surface area (Å²) in [6.45, 7) is 2.01. The van der Waals surface area contributed by atoms with Crippen molar-refractivity contribution in [3.8, 4) is 0 Å². The van der Waals surface area contributed by atoms with Gasteiger partial charge in [0.25, 0.3) is 0 Å². The molecular formula is C20H21NO4S2. The van der Waals surface area contributed by atoms with E-state index in [0.29, 0.717) is 0 Å². The second kappa shape index (κ2) is 8.80. The van der Waals surface area contributed by atoms with Crippen molar-refractivity contribution in [2.75, 3.05) is 12.9 Å². The van der Waals surface area contributed by atoms with Gasteiger partial charge in [0.1, 0.15) is 5.25 Å². The molecule has 0 spiro atoms. The minimum Gasteiger partial charge on any atom is -0.466 e. The molecule has 0 bridgehead atoms. The number of nitro groups is 1. The van der Waals surface area contributed by atoms with E-state index in [2.05, 4.69) is 0 Å². The van der Waals surface area contributed by atoms with Crippen molar-refractivity contribution in [3.63, 3.8) is 0 Å². The molecule has 2 aromatic rings. The standard InChI is InChI=1S/C20H21NO4S2/c1-3-25-18(22)12-16-15-6-4-5-7-17(15)27-20(19(16)21(23)24)13-8-10-14(26-2)11-9-13/h4-11,16,19-20H,3,12H2,1-2H3/t16-,19-,20+/m0/s1. The minimum atomic E-state index is -0.894. The molecule has 0 N–H and O–H groups in total. The Kier molecular flexibility index (Phi) is 6.44. The van der Waals surface area contributed by atoms with Crippen LogP contribution in [0.1, 0.15) is 35.6 Å². The van der Waals surface area contributed by atoms with Gasteiger partial charge in [0.05, 0.1) is 18.9 Å². The average Bonchev–Trinajstić information content (AvgIpc) is 2.67. The number of thioether (sulfide) groups is 2. The van der Waals surface area contributed by atoms with Crippen LogP contribution in [-0.4, -0.2) is 29.8 Å². The maximum Gasteiger partial charge on any atom is 0.306 e. The summed E-state index contributed by atoms with van der Waals surface area (Å²) in [5, 5.41) is 11.7.